The number of aromatic nitrogens is 3. The second kappa shape index (κ2) is 6.05. The largest absolute Gasteiger partial charge is 0.391 e. The highest BCUT2D eigenvalue weighted by Crippen LogP contribution is 2.18. The second-order valence-corrected chi connectivity index (χ2v) is 5.32. The Kier molecular flexibility index (Phi) is 3.96. The summed E-state index contributed by atoms with van der Waals surface area (Å²) in [7, 11) is 0. The molecular weight excluding hydrogens is 268 g/mol. The Morgan fingerprint density at radius 1 is 1.24 bits per heavy atom. The molecule has 1 aliphatic carbocycles. The van der Waals surface area contributed by atoms with E-state index < -0.39 is 6.10 Å². The summed E-state index contributed by atoms with van der Waals surface area (Å²) < 4.78 is 1.56. The second-order valence-electron chi connectivity index (χ2n) is 5.32. The fraction of sp³-hybridized carbons (Fsp3) is 0.400. The number of hydrogen-bond donors (Lipinski definition) is 2. The summed E-state index contributed by atoms with van der Waals surface area (Å²) in [6, 6.07) is 9.30. The number of nitrogens with one attached hydrogen (secondary N) is 1. The van der Waals surface area contributed by atoms with Crippen molar-refractivity contribution in [2.24, 2.45) is 0 Å². The van der Waals surface area contributed by atoms with Crippen LogP contribution in [0.5, 0.6) is 0 Å². The van der Waals surface area contributed by atoms with Crippen LogP contribution in [-0.4, -0.2) is 38.2 Å². The van der Waals surface area contributed by atoms with Crippen molar-refractivity contribution in [2.75, 3.05) is 0 Å². The van der Waals surface area contributed by atoms with Crippen molar-refractivity contribution in [3.8, 4) is 5.69 Å². The summed E-state index contributed by atoms with van der Waals surface area (Å²) in [6.45, 7) is 0. The lowest BCUT2D eigenvalue weighted by Crippen LogP contribution is -2.45. The first-order valence-corrected chi connectivity index (χ1v) is 7.21. The summed E-state index contributed by atoms with van der Waals surface area (Å²) in [4.78, 5) is 12.2. The number of nitrogens with zero attached hydrogens (tertiary/aromatic N) is 3. The smallest absolute Gasteiger partial charge is 0.273 e. The predicted octanol–water partition coefficient (Wildman–Crippen LogP) is 1.30. The summed E-state index contributed by atoms with van der Waals surface area (Å²) in [5, 5.41) is 20.6. The molecular formula is C15H18N4O2. The van der Waals surface area contributed by atoms with Crippen molar-refractivity contribution in [3.63, 3.8) is 0 Å². The van der Waals surface area contributed by atoms with Gasteiger partial charge in [-0.1, -0.05) is 36.3 Å². The zero-order chi connectivity index (χ0) is 14.7. The van der Waals surface area contributed by atoms with Gasteiger partial charge in [-0.15, -0.1) is 5.10 Å². The first-order chi connectivity index (χ1) is 10.2. The molecule has 110 valence electrons. The normalized spacial score (nSPS) is 22.0. The molecule has 2 N–H and O–H groups in total. The maximum absolute atomic E-state index is 12.2. The number of carbonyl (C=O) groups excluding carboxylic acids is 1. The molecule has 1 aromatic carbocycles. The van der Waals surface area contributed by atoms with E-state index >= 15 is 0 Å². The standard InChI is InChI=1S/C15H18N4O2/c20-14-9-5-4-8-12(14)16-15(21)13-10-19(18-17-13)11-6-2-1-3-7-11/h1-3,6-7,10,12,14,20H,4-5,8-9H2,(H,16,21)/t12-,14-/m0/s1. The average Bonchev–Trinajstić information content (AvgIpc) is 3.00. The van der Waals surface area contributed by atoms with Crippen LogP contribution in [0.15, 0.2) is 36.5 Å². The molecule has 3 rings (SSSR count). The van der Waals surface area contributed by atoms with Gasteiger partial charge in [0.15, 0.2) is 5.69 Å². The molecule has 0 radical (unpaired) electrons. The predicted molar refractivity (Wildman–Crippen MR) is 77.1 cm³/mol. The quantitative estimate of drug-likeness (QED) is 0.891. The van der Waals surface area contributed by atoms with Crippen LogP contribution >= 0.6 is 0 Å². The average molecular weight is 286 g/mol. The lowest BCUT2D eigenvalue weighted by molar-refractivity contribution is 0.0713. The Labute approximate surface area is 122 Å². The van der Waals surface area contributed by atoms with E-state index in [1.807, 2.05) is 30.3 Å². The van der Waals surface area contributed by atoms with Crippen molar-refractivity contribution in [3.05, 3.63) is 42.2 Å². The molecule has 21 heavy (non-hydrogen) atoms. The highest BCUT2D eigenvalue weighted by molar-refractivity contribution is 5.92. The minimum atomic E-state index is -0.466. The summed E-state index contributed by atoms with van der Waals surface area (Å²) in [5.74, 6) is -0.289. The first-order valence-electron chi connectivity index (χ1n) is 7.21. The fourth-order valence-electron chi connectivity index (χ4n) is 2.60. The van der Waals surface area contributed by atoms with Crippen LogP contribution in [-0.2, 0) is 0 Å². The van der Waals surface area contributed by atoms with E-state index in [1.165, 1.54) is 0 Å². The van der Waals surface area contributed by atoms with E-state index in [1.54, 1.807) is 10.9 Å². The van der Waals surface area contributed by atoms with Crippen LogP contribution in [0.1, 0.15) is 36.2 Å². The topological polar surface area (TPSA) is 80.0 Å². The number of aliphatic hydroxyl groups excluding tert-OH is 1. The molecule has 0 spiro atoms. The van der Waals surface area contributed by atoms with E-state index in [2.05, 4.69) is 15.6 Å². The van der Waals surface area contributed by atoms with Crippen LogP contribution in [0.25, 0.3) is 5.69 Å². The summed E-state index contributed by atoms with van der Waals surface area (Å²) in [5.41, 5.74) is 1.11. The van der Waals surface area contributed by atoms with E-state index in [0.717, 1.165) is 31.4 Å². The van der Waals surface area contributed by atoms with Crippen molar-refractivity contribution in [1.29, 1.82) is 0 Å². The minimum Gasteiger partial charge on any atom is -0.391 e. The number of carbonyl (C=O) groups is 1. The van der Waals surface area contributed by atoms with Crippen molar-refractivity contribution < 1.29 is 9.90 Å². The number of para-hydroxylation sites is 1. The molecule has 0 unspecified atom stereocenters. The Hall–Kier alpha value is -2.21. The molecule has 1 heterocycles. The lowest BCUT2D eigenvalue weighted by atomic mass is 9.92. The third-order valence-electron chi connectivity index (χ3n) is 3.79. The van der Waals surface area contributed by atoms with Gasteiger partial charge in [0.25, 0.3) is 5.91 Å². The maximum atomic E-state index is 12.2. The first kappa shape index (κ1) is 13.8. The summed E-state index contributed by atoms with van der Waals surface area (Å²) >= 11 is 0. The Balaban J connectivity index is 1.69. The molecule has 1 aromatic heterocycles. The number of aliphatic hydroxyl groups is 1. The zero-order valence-electron chi connectivity index (χ0n) is 11.6. The van der Waals surface area contributed by atoms with Gasteiger partial charge in [-0.3, -0.25) is 4.79 Å². The molecule has 1 aliphatic rings. The van der Waals surface area contributed by atoms with Gasteiger partial charge in [0.1, 0.15) is 0 Å². The molecule has 6 nitrogen and oxygen atoms in total. The van der Waals surface area contributed by atoms with Crippen LogP contribution in [0, 0.1) is 0 Å². The SMILES string of the molecule is O=C(N[C@H]1CCCC[C@@H]1O)c1cn(-c2ccccc2)nn1. The van der Waals surface area contributed by atoms with E-state index in [0.29, 0.717) is 0 Å². The van der Waals surface area contributed by atoms with Gasteiger partial charge in [-0.25, -0.2) is 4.68 Å². The van der Waals surface area contributed by atoms with Crippen molar-refractivity contribution in [1.82, 2.24) is 20.3 Å². The van der Waals surface area contributed by atoms with Crippen LogP contribution in [0.4, 0.5) is 0 Å². The molecule has 2 aromatic rings. The summed E-state index contributed by atoms with van der Waals surface area (Å²) in [6.07, 6.45) is 4.71. The van der Waals surface area contributed by atoms with Gasteiger partial charge in [0.2, 0.25) is 0 Å². The molecule has 1 saturated carbocycles. The van der Waals surface area contributed by atoms with Crippen molar-refractivity contribution in [2.45, 2.75) is 37.8 Å². The zero-order valence-corrected chi connectivity index (χ0v) is 11.6. The number of hydrogen-bond acceptors (Lipinski definition) is 4. The van der Waals surface area contributed by atoms with E-state index in [9.17, 15) is 9.90 Å². The van der Waals surface area contributed by atoms with Gasteiger partial charge in [-0.2, -0.15) is 0 Å². The molecule has 0 bridgehead atoms. The molecule has 1 amide bonds. The van der Waals surface area contributed by atoms with Crippen LogP contribution < -0.4 is 5.32 Å². The van der Waals surface area contributed by atoms with Crippen LogP contribution in [0.3, 0.4) is 0 Å². The molecule has 2 atom stereocenters. The molecule has 0 aliphatic heterocycles. The lowest BCUT2D eigenvalue weighted by Gasteiger charge is -2.27. The van der Waals surface area contributed by atoms with Gasteiger partial charge < -0.3 is 10.4 Å². The van der Waals surface area contributed by atoms with Gasteiger partial charge in [0.05, 0.1) is 24.0 Å². The highest BCUT2D eigenvalue weighted by Gasteiger charge is 2.25. The monoisotopic (exact) mass is 286 g/mol. The number of rotatable bonds is 3. The maximum Gasteiger partial charge on any atom is 0.273 e. The Bertz CT molecular complexity index is 611. The van der Waals surface area contributed by atoms with Gasteiger partial charge >= 0.3 is 0 Å². The van der Waals surface area contributed by atoms with Crippen LogP contribution in [0.2, 0.25) is 0 Å². The molecule has 6 heteroatoms. The Morgan fingerprint density at radius 2 is 2.00 bits per heavy atom. The third-order valence-corrected chi connectivity index (χ3v) is 3.79. The van der Waals surface area contributed by atoms with E-state index in [4.69, 9.17) is 0 Å². The number of amides is 1. The minimum absolute atomic E-state index is 0.187. The Morgan fingerprint density at radius 3 is 2.76 bits per heavy atom. The highest BCUT2D eigenvalue weighted by atomic mass is 16.3. The van der Waals surface area contributed by atoms with E-state index in [-0.39, 0.29) is 17.6 Å². The molecule has 1 fully saturated rings. The third kappa shape index (κ3) is 3.11. The number of benzene rings is 1. The van der Waals surface area contributed by atoms with Gasteiger partial charge in [-0.05, 0) is 25.0 Å². The van der Waals surface area contributed by atoms with Gasteiger partial charge in [0, 0.05) is 0 Å². The fourth-order valence-corrected chi connectivity index (χ4v) is 2.60. The molecule has 0 saturated heterocycles. The van der Waals surface area contributed by atoms with Crippen molar-refractivity contribution >= 4 is 5.91 Å².